The summed E-state index contributed by atoms with van der Waals surface area (Å²) in [4.78, 5) is 39.6. The molecule has 0 spiro atoms. The lowest BCUT2D eigenvalue weighted by Crippen LogP contribution is -2.29. The summed E-state index contributed by atoms with van der Waals surface area (Å²) < 4.78 is 5.77. The van der Waals surface area contributed by atoms with Crippen molar-refractivity contribution in [2.45, 2.75) is 0 Å². The first kappa shape index (κ1) is 21.0. The molecule has 7 heteroatoms. The van der Waals surface area contributed by atoms with Crippen LogP contribution < -0.4 is 20.7 Å². The van der Waals surface area contributed by atoms with E-state index in [2.05, 4.69) is 5.32 Å². The molecule has 7 nitrogen and oxygen atoms in total. The molecule has 166 valence electrons. The monoisotopic (exact) mass is 449 g/mol. The third-order valence-corrected chi connectivity index (χ3v) is 5.39. The van der Waals surface area contributed by atoms with Crippen LogP contribution in [0.25, 0.3) is 0 Å². The van der Waals surface area contributed by atoms with Crippen LogP contribution in [-0.2, 0) is 0 Å². The first-order chi connectivity index (χ1) is 16.5. The van der Waals surface area contributed by atoms with E-state index in [1.807, 2.05) is 30.3 Å². The van der Waals surface area contributed by atoms with Gasteiger partial charge in [0.1, 0.15) is 11.5 Å². The zero-order valence-electron chi connectivity index (χ0n) is 17.9. The molecular weight excluding hydrogens is 430 g/mol. The van der Waals surface area contributed by atoms with E-state index in [-0.39, 0.29) is 17.0 Å². The Morgan fingerprint density at radius 3 is 2.09 bits per heavy atom. The third-order valence-electron chi connectivity index (χ3n) is 5.39. The van der Waals surface area contributed by atoms with Crippen molar-refractivity contribution >= 4 is 34.8 Å². The number of amides is 3. The Bertz CT molecular complexity index is 1400. The van der Waals surface area contributed by atoms with Crippen LogP contribution in [0, 0.1) is 0 Å². The van der Waals surface area contributed by atoms with E-state index in [1.54, 1.807) is 60.7 Å². The van der Waals surface area contributed by atoms with Crippen LogP contribution in [0.3, 0.4) is 0 Å². The van der Waals surface area contributed by atoms with Crippen molar-refractivity contribution in [2.75, 3.05) is 16.0 Å². The summed E-state index contributed by atoms with van der Waals surface area (Å²) in [5.74, 6) is 0.0415. The van der Waals surface area contributed by atoms with Gasteiger partial charge in [0.05, 0.1) is 16.8 Å². The quantitative estimate of drug-likeness (QED) is 0.325. The minimum atomic E-state index is -0.458. The van der Waals surface area contributed by atoms with Crippen molar-refractivity contribution < 1.29 is 19.1 Å². The number of hydrogen-bond donors (Lipinski definition) is 2. The summed E-state index contributed by atoms with van der Waals surface area (Å²) >= 11 is 0. The molecule has 3 N–H and O–H groups in total. The molecule has 4 aromatic rings. The van der Waals surface area contributed by atoms with Crippen LogP contribution >= 0.6 is 0 Å². The van der Waals surface area contributed by atoms with Gasteiger partial charge in [0, 0.05) is 16.9 Å². The van der Waals surface area contributed by atoms with Crippen molar-refractivity contribution in [1.29, 1.82) is 0 Å². The number of nitrogens with one attached hydrogen (secondary N) is 1. The lowest BCUT2D eigenvalue weighted by Gasteiger charge is -2.14. The van der Waals surface area contributed by atoms with E-state index < -0.39 is 11.8 Å². The Morgan fingerprint density at radius 1 is 0.735 bits per heavy atom. The van der Waals surface area contributed by atoms with Gasteiger partial charge in [0.25, 0.3) is 17.7 Å². The van der Waals surface area contributed by atoms with Gasteiger partial charge in [-0.05, 0) is 78.9 Å². The summed E-state index contributed by atoms with van der Waals surface area (Å²) in [5.41, 5.74) is 7.99. The molecule has 0 saturated carbocycles. The smallest absolute Gasteiger partial charge is 0.266 e. The van der Waals surface area contributed by atoms with Crippen LogP contribution in [0.5, 0.6) is 11.5 Å². The maximum Gasteiger partial charge on any atom is 0.266 e. The highest BCUT2D eigenvalue weighted by Gasteiger charge is 2.37. The highest BCUT2D eigenvalue weighted by Crippen LogP contribution is 2.32. The molecule has 3 amide bonds. The molecule has 1 aliphatic heterocycles. The van der Waals surface area contributed by atoms with Gasteiger partial charge in [-0.1, -0.05) is 18.2 Å². The number of hydrogen-bond acceptors (Lipinski definition) is 5. The van der Waals surface area contributed by atoms with Gasteiger partial charge in [0.15, 0.2) is 0 Å². The van der Waals surface area contributed by atoms with E-state index in [4.69, 9.17) is 10.5 Å². The summed E-state index contributed by atoms with van der Waals surface area (Å²) in [6.07, 6.45) is 0. The second-order valence-electron chi connectivity index (χ2n) is 7.69. The second-order valence-corrected chi connectivity index (χ2v) is 7.69. The Kier molecular flexibility index (Phi) is 5.27. The maximum atomic E-state index is 13.1. The normalized spacial score (nSPS) is 12.4. The average molecular weight is 449 g/mol. The van der Waals surface area contributed by atoms with Gasteiger partial charge < -0.3 is 15.8 Å². The topological polar surface area (TPSA) is 102 Å². The lowest BCUT2D eigenvalue weighted by molar-refractivity contribution is 0.0924. The molecule has 0 atom stereocenters. The van der Waals surface area contributed by atoms with Gasteiger partial charge in [-0.15, -0.1) is 0 Å². The predicted molar refractivity (Wildman–Crippen MR) is 129 cm³/mol. The number of nitrogens with two attached hydrogens (primary N) is 1. The van der Waals surface area contributed by atoms with Gasteiger partial charge >= 0.3 is 0 Å². The molecule has 0 unspecified atom stereocenters. The van der Waals surface area contributed by atoms with Crippen LogP contribution in [0.4, 0.5) is 17.1 Å². The molecule has 0 bridgehead atoms. The largest absolute Gasteiger partial charge is 0.457 e. The Labute approximate surface area is 195 Å². The second kappa shape index (κ2) is 8.55. The molecular formula is C27H19N3O4. The van der Waals surface area contributed by atoms with Gasteiger partial charge in [-0.3, -0.25) is 14.4 Å². The molecule has 0 fully saturated rings. The van der Waals surface area contributed by atoms with Crippen molar-refractivity contribution in [3.63, 3.8) is 0 Å². The fourth-order valence-electron chi connectivity index (χ4n) is 3.68. The molecule has 0 radical (unpaired) electrons. The average Bonchev–Trinajstić information content (AvgIpc) is 3.10. The van der Waals surface area contributed by atoms with E-state index in [9.17, 15) is 14.4 Å². The number of rotatable bonds is 5. The Hall–Kier alpha value is -4.91. The standard InChI is InChI=1S/C27H19N3O4/c28-18-8-6-17(7-9-18)25(31)29-19-10-15-23-24(16-19)27(33)30(26(23)32)20-11-13-22(14-12-20)34-21-4-2-1-3-5-21/h1-16H,28H2,(H,29,31). The van der Waals surface area contributed by atoms with Gasteiger partial charge in [-0.2, -0.15) is 0 Å². The van der Waals surface area contributed by atoms with Crippen LogP contribution in [0.1, 0.15) is 31.1 Å². The van der Waals surface area contributed by atoms with E-state index in [0.29, 0.717) is 34.1 Å². The number of nitrogen functional groups attached to an aromatic ring is 1. The van der Waals surface area contributed by atoms with Crippen LogP contribution in [0.15, 0.2) is 97.1 Å². The third kappa shape index (κ3) is 3.98. The summed E-state index contributed by atoms with van der Waals surface area (Å²) in [6, 6.07) is 27.2. The molecule has 5 rings (SSSR count). The molecule has 4 aromatic carbocycles. The van der Waals surface area contributed by atoms with Crippen LogP contribution in [-0.4, -0.2) is 17.7 Å². The molecule has 0 aliphatic carbocycles. The SMILES string of the molecule is Nc1ccc(C(=O)Nc2ccc3c(c2)C(=O)N(c2ccc(Oc4ccccc4)cc2)C3=O)cc1. The molecule has 1 aliphatic rings. The summed E-state index contributed by atoms with van der Waals surface area (Å²) in [7, 11) is 0. The number of imide groups is 1. The highest BCUT2D eigenvalue weighted by atomic mass is 16.5. The number of anilines is 3. The predicted octanol–water partition coefficient (Wildman–Crippen LogP) is 5.11. The summed E-state index contributed by atoms with van der Waals surface area (Å²) in [5, 5.41) is 2.75. The number of para-hydroxylation sites is 1. The molecule has 1 heterocycles. The highest BCUT2D eigenvalue weighted by molar-refractivity contribution is 6.34. The van der Waals surface area contributed by atoms with Crippen LogP contribution in [0.2, 0.25) is 0 Å². The fourth-order valence-corrected chi connectivity index (χ4v) is 3.68. The zero-order chi connectivity index (χ0) is 23.7. The fraction of sp³-hybridized carbons (Fsp3) is 0. The zero-order valence-corrected chi connectivity index (χ0v) is 17.9. The summed E-state index contributed by atoms with van der Waals surface area (Å²) in [6.45, 7) is 0. The van der Waals surface area contributed by atoms with Gasteiger partial charge in [-0.25, -0.2) is 4.90 Å². The first-order valence-corrected chi connectivity index (χ1v) is 10.5. The van der Waals surface area contributed by atoms with E-state index in [1.165, 1.54) is 6.07 Å². The van der Waals surface area contributed by atoms with Crippen molar-refractivity contribution in [2.24, 2.45) is 0 Å². The van der Waals surface area contributed by atoms with Gasteiger partial charge in [0.2, 0.25) is 0 Å². The number of ether oxygens (including phenoxy) is 1. The van der Waals surface area contributed by atoms with Crippen molar-refractivity contribution in [3.05, 3.63) is 114 Å². The number of carbonyl (C=O) groups is 3. The van der Waals surface area contributed by atoms with E-state index in [0.717, 1.165) is 4.90 Å². The van der Waals surface area contributed by atoms with Crippen molar-refractivity contribution in [3.8, 4) is 11.5 Å². The number of nitrogens with zero attached hydrogens (tertiary/aromatic N) is 1. The number of benzene rings is 4. The Morgan fingerprint density at radius 2 is 1.38 bits per heavy atom. The molecule has 0 saturated heterocycles. The first-order valence-electron chi connectivity index (χ1n) is 10.5. The minimum absolute atomic E-state index is 0.227. The van der Waals surface area contributed by atoms with E-state index >= 15 is 0 Å². The Balaban J connectivity index is 1.34. The number of fused-ring (bicyclic) bond motifs is 1. The maximum absolute atomic E-state index is 13.1. The molecule has 0 aromatic heterocycles. The molecule has 34 heavy (non-hydrogen) atoms. The minimum Gasteiger partial charge on any atom is -0.457 e. The van der Waals surface area contributed by atoms with Crippen molar-refractivity contribution in [1.82, 2.24) is 0 Å². The lowest BCUT2D eigenvalue weighted by atomic mass is 10.1. The number of carbonyl (C=O) groups excluding carboxylic acids is 3.